The average Bonchev–Trinajstić information content (AvgIpc) is 3.18. The highest BCUT2D eigenvalue weighted by Crippen LogP contribution is 2.26. The first-order valence-electron chi connectivity index (χ1n) is 12.5. The van der Waals surface area contributed by atoms with Crippen molar-refractivity contribution in [1.82, 2.24) is 20.0 Å². The number of aromatic nitrogens is 2. The fraction of sp³-hybridized carbons (Fsp3) is 0.357. The van der Waals surface area contributed by atoms with Gasteiger partial charge in [0.15, 0.2) is 5.82 Å². The molecule has 1 aliphatic rings. The summed E-state index contributed by atoms with van der Waals surface area (Å²) in [5.74, 6) is -0.191. The average molecular weight is 524 g/mol. The maximum Gasteiger partial charge on any atom is 0.254 e. The molecule has 0 spiro atoms. The lowest BCUT2D eigenvalue weighted by atomic mass is 10.1. The predicted molar refractivity (Wildman–Crippen MR) is 143 cm³/mol. The van der Waals surface area contributed by atoms with Crippen LogP contribution in [0.1, 0.15) is 37.0 Å². The monoisotopic (exact) mass is 523 g/mol. The summed E-state index contributed by atoms with van der Waals surface area (Å²) < 4.78 is 13.7. The number of benzene rings is 2. The van der Waals surface area contributed by atoms with Crippen molar-refractivity contribution in [2.24, 2.45) is 0 Å². The molecule has 0 saturated carbocycles. The smallest absolute Gasteiger partial charge is 0.254 e. The highest BCUT2D eigenvalue weighted by Gasteiger charge is 2.27. The Kier molecular flexibility index (Phi) is 8.71. The Morgan fingerprint density at radius 1 is 1.03 bits per heavy atom. The van der Waals surface area contributed by atoms with Gasteiger partial charge in [0.05, 0.1) is 10.7 Å². The maximum absolute atomic E-state index is 13.7. The van der Waals surface area contributed by atoms with Crippen LogP contribution in [0.4, 0.5) is 10.2 Å². The van der Waals surface area contributed by atoms with E-state index in [0.717, 1.165) is 24.3 Å². The summed E-state index contributed by atoms with van der Waals surface area (Å²) in [5, 5.41) is 9.39. The molecule has 1 aliphatic heterocycles. The number of halogens is 2. The van der Waals surface area contributed by atoms with Gasteiger partial charge in [-0.25, -0.2) is 4.39 Å². The summed E-state index contributed by atoms with van der Waals surface area (Å²) in [6, 6.07) is 16.8. The first-order chi connectivity index (χ1) is 17.9. The molecule has 0 aliphatic carbocycles. The van der Waals surface area contributed by atoms with Crippen molar-refractivity contribution in [2.45, 2.75) is 32.7 Å². The Morgan fingerprint density at radius 3 is 2.54 bits per heavy atom. The van der Waals surface area contributed by atoms with Crippen LogP contribution in [0.2, 0.25) is 5.02 Å². The third kappa shape index (κ3) is 6.43. The van der Waals surface area contributed by atoms with Crippen LogP contribution in [-0.2, 0) is 4.79 Å². The zero-order chi connectivity index (χ0) is 26.4. The van der Waals surface area contributed by atoms with Crippen LogP contribution in [0.25, 0.3) is 11.3 Å². The Labute approximate surface area is 221 Å². The Balaban J connectivity index is 1.40. The zero-order valence-corrected chi connectivity index (χ0v) is 21.9. The molecule has 0 unspecified atom stereocenters. The van der Waals surface area contributed by atoms with E-state index in [1.807, 2.05) is 50.2 Å². The highest BCUT2D eigenvalue weighted by atomic mass is 35.5. The molecule has 1 aromatic heterocycles. The second-order valence-corrected chi connectivity index (χ2v) is 9.59. The Bertz CT molecular complexity index is 1240. The first-order valence-corrected chi connectivity index (χ1v) is 12.9. The number of anilines is 1. The lowest BCUT2D eigenvalue weighted by molar-refractivity contribution is -0.132. The molecule has 0 bridgehead atoms. The molecular formula is C28H31ClFN5O2. The van der Waals surface area contributed by atoms with E-state index in [9.17, 15) is 14.0 Å². The molecular weight excluding hydrogens is 493 g/mol. The van der Waals surface area contributed by atoms with E-state index in [0.29, 0.717) is 36.8 Å². The van der Waals surface area contributed by atoms with Gasteiger partial charge in [-0.3, -0.25) is 9.59 Å². The van der Waals surface area contributed by atoms with Crippen molar-refractivity contribution >= 4 is 29.2 Å². The fourth-order valence-corrected chi connectivity index (χ4v) is 4.62. The van der Waals surface area contributed by atoms with E-state index < -0.39 is 5.82 Å². The van der Waals surface area contributed by atoms with Crippen molar-refractivity contribution < 1.29 is 14.0 Å². The molecule has 4 rings (SSSR count). The van der Waals surface area contributed by atoms with Crippen LogP contribution in [0.5, 0.6) is 0 Å². The molecule has 194 valence electrons. The van der Waals surface area contributed by atoms with Crippen molar-refractivity contribution in [3.8, 4) is 11.3 Å². The van der Waals surface area contributed by atoms with Gasteiger partial charge < -0.3 is 14.7 Å². The molecule has 2 aromatic carbocycles. The summed E-state index contributed by atoms with van der Waals surface area (Å²) in [6.07, 6.45) is 1.45. The third-order valence-electron chi connectivity index (χ3n) is 6.73. The molecule has 1 fully saturated rings. The van der Waals surface area contributed by atoms with Gasteiger partial charge in [0.2, 0.25) is 5.91 Å². The second kappa shape index (κ2) is 12.1. The number of nitrogens with zero attached hydrogens (tertiary/aromatic N) is 5. The summed E-state index contributed by atoms with van der Waals surface area (Å²) in [6.45, 7) is 6.26. The van der Waals surface area contributed by atoms with E-state index in [-0.39, 0.29) is 30.0 Å². The van der Waals surface area contributed by atoms with Crippen LogP contribution in [-0.4, -0.2) is 70.6 Å². The van der Waals surface area contributed by atoms with Crippen molar-refractivity contribution in [1.29, 1.82) is 0 Å². The summed E-state index contributed by atoms with van der Waals surface area (Å²) >= 11 is 6.28. The molecule has 2 amide bonds. The lowest BCUT2D eigenvalue weighted by Gasteiger charge is -2.31. The fourth-order valence-electron chi connectivity index (χ4n) is 4.38. The second-order valence-electron chi connectivity index (χ2n) is 9.18. The minimum Gasteiger partial charge on any atom is -0.353 e. The minimum atomic E-state index is -0.475. The zero-order valence-electron chi connectivity index (χ0n) is 21.1. The van der Waals surface area contributed by atoms with Crippen LogP contribution in [0.15, 0.2) is 60.7 Å². The summed E-state index contributed by atoms with van der Waals surface area (Å²) in [7, 11) is 0. The number of hydrogen-bond donors (Lipinski definition) is 0. The Morgan fingerprint density at radius 2 is 1.84 bits per heavy atom. The van der Waals surface area contributed by atoms with Crippen LogP contribution < -0.4 is 4.90 Å². The summed E-state index contributed by atoms with van der Waals surface area (Å²) in [5.41, 5.74) is 1.78. The Hall–Kier alpha value is -3.52. The highest BCUT2D eigenvalue weighted by molar-refractivity contribution is 6.33. The number of hydrogen-bond acceptors (Lipinski definition) is 5. The van der Waals surface area contributed by atoms with Gasteiger partial charge in [-0.05, 0) is 56.2 Å². The van der Waals surface area contributed by atoms with Crippen LogP contribution >= 0.6 is 11.6 Å². The van der Waals surface area contributed by atoms with Gasteiger partial charge >= 0.3 is 0 Å². The predicted octanol–water partition coefficient (Wildman–Crippen LogP) is 4.92. The number of amides is 2. The van der Waals surface area contributed by atoms with E-state index in [4.69, 9.17) is 11.6 Å². The molecule has 3 aromatic rings. The summed E-state index contributed by atoms with van der Waals surface area (Å²) in [4.78, 5) is 31.8. The van der Waals surface area contributed by atoms with E-state index >= 15 is 0 Å². The molecule has 2 heterocycles. The molecule has 1 saturated heterocycles. The number of carbonyl (C=O) groups is 2. The minimum absolute atomic E-state index is 0.0449. The van der Waals surface area contributed by atoms with Gasteiger partial charge in [-0.1, -0.05) is 42.8 Å². The normalized spacial score (nSPS) is 14.7. The van der Waals surface area contributed by atoms with E-state index in [1.165, 1.54) is 18.2 Å². The van der Waals surface area contributed by atoms with Crippen molar-refractivity contribution in [3.63, 3.8) is 0 Å². The van der Waals surface area contributed by atoms with Gasteiger partial charge in [0.1, 0.15) is 12.4 Å². The topological polar surface area (TPSA) is 69.6 Å². The molecule has 0 radical (unpaired) electrons. The van der Waals surface area contributed by atoms with E-state index in [1.54, 1.807) is 15.9 Å². The molecule has 7 nitrogen and oxygen atoms in total. The van der Waals surface area contributed by atoms with Crippen LogP contribution in [0, 0.1) is 5.82 Å². The first kappa shape index (κ1) is 26.5. The van der Waals surface area contributed by atoms with Crippen LogP contribution in [0.3, 0.4) is 0 Å². The largest absolute Gasteiger partial charge is 0.353 e. The molecule has 1 atom stereocenters. The number of rotatable bonds is 7. The van der Waals surface area contributed by atoms with Gasteiger partial charge in [0, 0.05) is 43.3 Å². The molecule has 0 N–H and O–H groups in total. The van der Waals surface area contributed by atoms with Crippen molar-refractivity contribution in [2.75, 3.05) is 37.6 Å². The SMILES string of the molecule is CC[C@H](C)N(CC(=O)N1CCCN(c2ccc(-c3ccccc3Cl)nn2)CC1)C(=O)c1cccc(F)c1. The quantitative estimate of drug-likeness (QED) is 0.440. The lowest BCUT2D eigenvalue weighted by Crippen LogP contribution is -2.47. The van der Waals surface area contributed by atoms with Gasteiger partial charge in [-0.15, -0.1) is 10.2 Å². The van der Waals surface area contributed by atoms with Crippen molar-refractivity contribution in [3.05, 3.63) is 77.1 Å². The van der Waals surface area contributed by atoms with Gasteiger partial charge in [0.25, 0.3) is 5.91 Å². The number of carbonyl (C=O) groups excluding carboxylic acids is 2. The third-order valence-corrected chi connectivity index (χ3v) is 7.06. The maximum atomic E-state index is 13.7. The van der Waals surface area contributed by atoms with Gasteiger partial charge in [-0.2, -0.15) is 0 Å². The molecule has 37 heavy (non-hydrogen) atoms. The van der Waals surface area contributed by atoms with E-state index in [2.05, 4.69) is 15.1 Å². The molecule has 9 heteroatoms. The standard InChI is InChI=1S/C28H31ClFN5O2/c1-3-20(2)35(28(37)21-8-6-9-22(30)18-21)19-27(36)34-15-7-14-33(16-17-34)26-13-12-25(31-32-26)23-10-4-5-11-24(23)29/h4-6,8-13,18,20H,3,7,14-17,19H2,1-2H3/t20-/m0/s1.